The molecule has 2 heteroatoms. The van der Waals surface area contributed by atoms with Crippen molar-refractivity contribution in [2.75, 3.05) is 13.2 Å². The highest BCUT2D eigenvalue weighted by atomic mass is 16.5. The number of unbranched alkanes of at least 4 members (excludes halogenated alkanes) is 5. The third-order valence-electron chi connectivity index (χ3n) is 6.95. The van der Waals surface area contributed by atoms with E-state index >= 15 is 0 Å². The summed E-state index contributed by atoms with van der Waals surface area (Å²) in [6, 6.07) is 40.0. The Kier molecular flexibility index (Phi) is 10.4. The van der Waals surface area contributed by atoms with Gasteiger partial charge in [0.1, 0.15) is 18.0 Å². The molecule has 4 aromatic carbocycles. The second-order valence-corrected chi connectivity index (χ2v) is 9.64. The van der Waals surface area contributed by atoms with E-state index in [0.29, 0.717) is 13.2 Å². The zero-order valence-electron chi connectivity index (χ0n) is 22.2. The molecule has 0 radical (unpaired) electrons. The van der Waals surface area contributed by atoms with Crippen LogP contribution in [0.4, 0.5) is 0 Å². The molecule has 0 unspecified atom stereocenters. The smallest absolute Gasteiger partial charge is 0.143 e. The minimum atomic E-state index is -0.714. The van der Waals surface area contributed by atoms with Gasteiger partial charge in [-0.25, -0.2) is 0 Å². The maximum absolute atomic E-state index is 6.80. The van der Waals surface area contributed by atoms with Gasteiger partial charge in [0.05, 0.1) is 6.61 Å². The number of benzene rings is 4. The van der Waals surface area contributed by atoms with Gasteiger partial charge in [0.2, 0.25) is 0 Å². The molecule has 0 amide bonds. The molecule has 0 spiro atoms. The van der Waals surface area contributed by atoms with Crippen LogP contribution in [0.15, 0.2) is 115 Å². The summed E-state index contributed by atoms with van der Waals surface area (Å²) in [5.74, 6) is 0.889. The molecule has 0 bridgehead atoms. The summed E-state index contributed by atoms with van der Waals surface area (Å²) in [4.78, 5) is 0. The Morgan fingerprint density at radius 3 is 1.51 bits per heavy atom. The van der Waals surface area contributed by atoms with Gasteiger partial charge in [-0.15, -0.1) is 0 Å². The van der Waals surface area contributed by atoms with Gasteiger partial charge in [0.25, 0.3) is 0 Å². The SMILES string of the molecule is CCCCCCCCc1ccc(OCCOC(c2ccccc2)(c2ccccc2)c2ccccc2)cc1. The van der Waals surface area contributed by atoms with Crippen molar-refractivity contribution in [3.05, 3.63) is 138 Å². The normalized spacial score (nSPS) is 11.4. The largest absolute Gasteiger partial charge is 0.491 e. The van der Waals surface area contributed by atoms with Gasteiger partial charge in [0.15, 0.2) is 0 Å². The molecule has 0 N–H and O–H groups in total. The average molecular weight is 493 g/mol. The number of hydrogen-bond donors (Lipinski definition) is 0. The monoisotopic (exact) mass is 492 g/mol. The van der Waals surface area contributed by atoms with E-state index in [1.54, 1.807) is 0 Å². The van der Waals surface area contributed by atoms with Gasteiger partial charge in [-0.3, -0.25) is 0 Å². The Hall–Kier alpha value is -3.36. The molecule has 0 saturated carbocycles. The Labute approximate surface area is 223 Å². The molecule has 4 aromatic rings. The Morgan fingerprint density at radius 1 is 0.514 bits per heavy atom. The van der Waals surface area contributed by atoms with Gasteiger partial charge >= 0.3 is 0 Å². The van der Waals surface area contributed by atoms with Crippen LogP contribution in [0.1, 0.15) is 67.7 Å². The third-order valence-corrected chi connectivity index (χ3v) is 6.95. The first-order valence-electron chi connectivity index (χ1n) is 13.8. The van der Waals surface area contributed by atoms with E-state index in [1.165, 1.54) is 44.1 Å². The highest BCUT2D eigenvalue weighted by Crippen LogP contribution is 2.40. The third kappa shape index (κ3) is 7.33. The quantitative estimate of drug-likeness (QED) is 0.122. The van der Waals surface area contributed by atoms with Crippen LogP contribution in [0.5, 0.6) is 5.75 Å². The minimum absolute atomic E-state index is 0.457. The van der Waals surface area contributed by atoms with Crippen molar-refractivity contribution in [1.29, 1.82) is 0 Å². The number of aryl methyl sites for hydroxylation is 1. The molecular weight excluding hydrogens is 452 g/mol. The minimum Gasteiger partial charge on any atom is -0.491 e. The molecule has 37 heavy (non-hydrogen) atoms. The molecule has 0 aliphatic carbocycles. The van der Waals surface area contributed by atoms with Crippen LogP contribution in [0.2, 0.25) is 0 Å². The van der Waals surface area contributed by atoms with E-state index in [-0.39, 0.29) is 0 Å². The first-order chi connectivity index (χ1) is 18.3. The van der Waals surface area contributed by atoms with Crippen LogP contribution in [-0.2, 0) is 16.8 Å². The predicted molar refractivity (Wildman–Crippen MR) is 154 cm³/mol. The van der Waals surface area contributed by atoms with Crippen LogP contribution in [0.25, 0.3) is 0 Å². The van der Waals surface area contributed by atoms with Gasteiger partial charge in [-0.2, -0.15) is 0 Å². The van der Waals surface area contributed by atoms with E-state index in [9.17, 15) is 0 Å². The van der Waals surface area contributed by atoms with Crippen molar-refractivity contribution in [2.45, 2.75) is 57.5 Å². The zero-order valence-corrected chi connectivity index (χ0v) is 22.2. The van der Waals surface area contributed by atoms with Crippen LogP contribution >= 0.6 is 0 Å². The standard InChI is InChI=1S/C35H40O2/c1-2-3-4-5-6-10-17-30-24-26-34(27-25-30)36-28-29-37-35(31-18-11-7-12-19-31,32-20-13-8-14-21-32)33-22-15-9-16-23-33/h7-9,11-16,18-27H,2-6,10,17,28-29H2,1H3. The van der Waals surface area contributed by atoms with E-state index in [4.69, 9.17) is 9.47 Å². The first kappa shape index (κ1) is 26.7. The highest BCUT2D eigenvalue weighted by Gasteiger charge is 2.37. The summed E-state index contributed by atoms with van der Waals surface area (Å²) in [6.45, 7) is 3.20. The predicted octanol–water partition coefficient (Wildman–Crippen LogP) is 8.98. The highest BCUT2D eigenvalue weighted by molar-refractivity contribution is 5.47. The second kappa shape index (κ2) is 14.4. The lowest BCUT2D eigenvalue weighted by Crippen LogP contribution is -2.34. The molecule has 0 saturated heterocycles. The fourth-order valence-corrected chi connectivity index (χ4v) is 4.98. The zero-order chi connectivity index (χ0) is 25.6. The first-order valence-corrected chi connectivity index (χ1v) is 13.8. The molecule has 4 rings (SSSR count). The topological polar surface area (TPSA) is 18.5 Å². The van der Waals surface area contributed by atoms with Crippen molar-refractivity contribution >= 4 is 0 Å². The van der Waals surface area contributed by atoms with Crippen LogP contribution in [0, 0.1) is 0 Å². The summed E-state index contributed by atoms with van der Waals surface area (Å²) in [7, 11) is 0. The fourth-order valence-electron chi connectivity index (χ4n) is 4.98. The van der Waals surface area contributed by atoms with Crippen LogP contribution in [-0.4, -0.2) is 13.2 Å². The van der Waals surface area contributed by atoms with Gasteiger partial charge < -0.3 is 9.47 Å². The lowest BCUT2D eigenvalue weighted by atomic mass is 9.80. The molecule has 0 aliphatic heterocycles. The fraction of sp³-hybridized carbons (Fsp3) is 0.314. The number of rotatable bonds is 15. The summed E-state index contributed by atoms with van der Waals surface area (Å²) in [6.07, 6.45) is 9.11. The molecular formula is C35H40O2. The Bertz CT molecular complexity index is 1040. The van der Waals surface area contributed by atoms with E-state index < -0.39 is 5.60 Å². The van der Waals surface area contributed by atoms with Gasteiger partial charge in [0, 0.05) is 0 Å². The molecule has 0 atom stereocenters. The van der Waals surface area contributed by atoms with Crippen molar-refractivity contribution in [3.8, 4) is 5.75 Å². The lowest BCUT2D eigenvalue weighted by Gasteiger charge is -2.36. The van der Waals surface area contributed by atoms with Crippen molar-refractivity contribution in [3.63, 3.8) is 0 Å². The molecule has 2 nitrogen and oxygen atoms in total. The Balaban J connectivity index is 1.40. The summed E-state index contributed by atoms with van der Waals surface area (Å²) >= 11 is 0. The van der Waals surface area contributed by atoms with E-state index in [1.807, 2.05) is 18.2 Å². The van der Waals surface area contributed by atoms with E-state index in [0.717, 1.165) is 28.9 Å². The average Bonchev–Trinajstić information content (AvgIpc) is 2.97. The molecule has 192 valence electrons. The molecule has 0 aromatic heterocycles. The van der Waals surface area contributed by atoms with Crippen LogP contribution in [0.3, 0.4) is 0 Å². The number of hydrogen-bond acceptors (Lipinski definition) is 2. The summed E-state index contributed by atoms with van der Waals surface area (Å²) < 4.78 is 12.9. The summed E-state index contributed by atoms with van der Waals surface area (Å²) in [5.41, 5.74) is 3.98. The maximum Gasteiger partial charge on any atom is 0.143 e. The summed E-state index contributed by atoms with van der Waals surface area (Å²) in [5, 5.41) is 0. The maximum atomic E-state index is 6.80. The van der Waals surface area contributed by atoms with Gasteiger partial charge in [-0.05, 0) is 47.2 Å². The molecule has 0 aliphatic rings. The van der Waals surface area contributed by atoms with Crippen molar-refractivity contribution in [2.24, 2.45) is 0 Å². The van der Waals surface area contributed by atoms with Crippen LogP contribution < -0.4 is 4.74 Å². The van der Waals surface area contributed by atoms with Crippen molar-refractivity contribution in [1.82, 2.24) is 0 Å². The molecule has 0 fully saturated rings. The lowest BCUT2D eigenvalue weighted by molar-refractivity contribution is -0.00240. The van der Waals surface area contributed by atoms with Gasteiger partial charge in [-0.1, -0.05) is 142 Å². The van der Waals surface area contributed by atoms with Crippen molar-refractivity contribution < 1.29 is 9.47 Å². The van der Waals surface area contributed by atoms with E-state index in [2.05, 4.69) is 104 Å². The number of ether oxygens (including phenoxy) is 2. The molecule has 0 heterocycles. The Morgan fingerprint density at radius 2 is 1.00 bits per heavy atom. The second-order valence-electron chi connectivity index (χ2n) is 9.64.